The summed E-state index contributed by atoms with van der Waals surface area (Å²) in [4.78, 5) is 11.4. The van der Waals surface area contributed by atoms with Gasteiger partial charge in [-0.3, -0.25) is 4.79 Å². The molecule has 0 fully saturated rings. The van der Waals surface area contributed by atoms with E-state index >= 15 is 0 Å². The minimum absolute atomic E-state index is 0.0423. The first-order chi connectivity index (χ1) is 6.49. The van der Waals surface area contributed by atoms with Crippen LogP contribution >= 0.6 is 0 Å². The Kier molecular flexibility index (Phi) is 6.60. The van der Waals surface area contributed by atoms with Crippen LogP contribution in [0.25, 0.3) is 0 Å². The Hall–Kier alpha value is -0.530. The molecule has 0 radical (unpaired) electrons. The number of ether oxygens (including phenoxy) is 1. The van der Waals surface area contributed by atoms with Gasteiger partial charge in [0.05, 0.1) is 12.5 Å². The third-order valence-electron chi connectivity index (χ3n) is 2.75. The Labute approximate surface area is 88.0 Å². The monoisotopic (exact) mass is 200 g/mol. The van der Waals surface area contributed by atoms with E-state index in [1.165, 1.54) is 0 Å². The fraction of sp³-hybridized carbons (Fsp3) is 0.917. The van der Waals surface area contributed by atoms with Crippen LogP contribution in [0.1, 0.15) is 47.5 Å². The standard InChI is InChI=1S/C12H24O2/c1-6-7-10(4)12(13)14-8-11(5)9(2)3/h9-11H,6-8H2,1-5H3. The maximum atomic E-state index is 11.4. The van der Waals surface area contributed by atoms with E-state index < -0.39 is 0 Å². The van der Waals surface area contributed by atoms with Gasteiger partial charge in [-0.2, -0.15) is 0 Å². The van der Waals surface area contributed by atoms with Crippen LogP contribution in [0.3, 0.4) is 0 Å². The van der Waals surface area contributed by atoms with Gasteiger partial charge in [0.1, 0.15) is 0 Å². The van der Waals surface area contributed by atoms with Gasteiger partial charge in [-0.25, -0.2) is 0 Å². The molecule has 2 atom stereocenters. The van der Waals surface area contributed by atoms with E-state index in [1.54, 1.807) is 0 Å². The summed E-state index contributed by atoms with van der Waals surface area (Å²) in [6, 6.07) is 0. The highest BCUT2D eigenvalue weighted by Crippen LogP contribution is 2.12. The molecule has 0 amide bonds. The van der Waals surface area contributed by atoms with Crippen molar-refractivity contribution in [1.82, 2.24) is 0 Å². The molecule has 2 nitrogen and oxygen atoms in total. The van der Waals surface area contributed by atoms with Crippen LogP contribution in [0.2, 0.25) is 0 Å². The normalized spacial score (nSPS) is 15.3. The van der Waals surface area contributed by atoms with E-state index in [9.17, 15) is 4.79 Å². The van der Waals surface area contributed by atoms with E-state index in [4.69, 9.17) is 4.74 Å². The predicted octanol–water partition coefficient (Wildman–Crippen LogP) is 3.26. The van der Waals surface area contributed by atoms with Gasteiger partial charge in [0, 0.05) is 0 Å². The summed E-state index contributed by atoms with van der Waals surface area (Å²) in [5.74, 6) is 1.04. The van der Waals surface area contributed by atoms with Gasteiger partial charge in [-0.1, -0.05) is 41.0 Å². The van der Waals surface area contributed by atoms with Gasteiger partial charge in [0.15, 0.2) is 0 Å². The molecule has 14 heavy (non-hydrogen) atoms. The van der Waals surface area contributed by atoms with Crippen molar-refractivity contribution in [2.75, 3.05) is 6.61 Å². The lowest BCUT2D eigenvalue weighted by Crippen LogP contribution is -2.20. The molecule has 0 aliphatic carbocycles. The average molecular weight is 200 g/mol. The van der Waals surface area contributed by atoms with Crippen molar-refractivity contribution in [2.45, 2.75) is 47.5 Å². The highest BCUT2D eigenvalue weighted by Gasteiger charge is 2.15. The van der Waals surface area contributed by atoms with Gasteiger partial charge < -0.3 is 4.74 Å². The van der Waals surface area contributed by atoms with Crippen molar-refractivity contribution in [2.24, 2.45) is 17.8 Å². The Morgan fingerprint density at radius 2 is 1.79 bits per heavy atom. The molecule has 84 valence electrons. The van der Waals surface area contributed by atoms with Crippen molar-refractivity contribution < 1.29 is 9.53 Å². The van der Waals surface area contributed by atoms with Crippen LogP contribution in [-0.2, 0) is 9.53 Å². The zero-order chi connectivity index (χ0) is 11.1. The topological polar surface area (TPSA) is 26.3 Å². The molecule has 0 heterocycles. The van der Waals surface area contributed by atoms with Crippen molar-refractivity contribution >= 4 is 5.97 Å². The minimum Gasteiger partial charge on any atom is -0.465 e. The zero-order valence-electron chi connectivity index (χ0n) is 10.2. The van der Waals surface area contributed by atoms with E-state index in [1.807, 2.05) is 6.92 Å². The fourth-order valence-corrected chi connectivity index (χ4v) is 1.10. The molecule has 0 aromatic rings. The second-order valence-electron chi connectivity index (χ2n) is 4.54. The lowest BCUT2D eigenvalue weighted by Gasteiger charge is -2.17. The van der Waals surface area contributed by atoms with E-state index in [2.05, 4.69) is 27.7 Å². The van der Waals surface area contributed by atoms with E-state index in [0.29, 0.717) is 18.4 Å². The Balaban J connectivity index is 3.73. The summed E-state index contributed by atoms with van der Waals surface area (Å²) in [6.07, 6.45) is 1.96. The van der Waals surface area contributed by atoms with Crippen molar-refractivity contribution in [1.29, 1.82) is 0 Å². The molecule has 0 rings (SSSR count). The van der Waals surface area contributed by atoms with Crippen LogP contribution in [0.4, 0.5) is 0 Å². The average Bonchev–Trinajstić information content (AvgIpc) is 2.13. The minimum atomic E-state index is -0.0423. The highest BCUT2D eigenvalue weighted by molar-refractivity contribution is 5.71. The number of hydrogen-bond donors (Lipinski definition) is 0. The number of esters is 1. The smallest absolute Gasteiger partial charge is 0.308 e. The second kappa shape index (κ2) is 6.86. The summed E-state index contributed by atoms with van der Waals surface area (Å²) >= 11 is 0. The van der Waals surface area contributed by atoms with Crippen LogP contribution in [0, 0.1) is 17.8 Å². The molecule has 0 aliphatic heterocycles. The highest BCUT2D eigenvalue weighted by atomic mass is 16.5. The number of rotatable bonds is 6. The SMILES string of the molecule is CCCC(C)C(=O)OCC(C)C(C)C. The van der Waals surface area contributed by atoms with Gasteiger partial charge in [0.25, 0.3) is 0 Å². The molecular formula is C12H24O2. The van der Waals surface area contributed by atoms with Crippen molar-refractivity contribution in [3.8, 4) is 0 Å². The number of hydrogen-bond acceptors (Lipinski definition) is 2. The number of carbonyl (C=O) groups excluding carboxylic acids is 1. The molecule has 2 heteroatoms. The summed E-state index contributed by atoms with van der Waals surface area (Å²) in [7, 11) is 0. The van der Waals surface area contributed by atoms with Crippen LogP contribution in [0.5, 0.6) is 0 Å². The molecule has 0 aromatic heterocycles. The first kappa shape index (κ1) is 13.5. The molecule has 0 aromatic carbocycles. The van der Waals surface area contributed by atoms with E-state index in [-0.39, 0.29) is 11.9 Å². The summed E-state index contributed by atoms with van der Waals surface area (Å²) < 4.78 is 5.24. The van der Waals surface area contributed by atoms with E-state index in [0.717, 1.165) is 12.8 Å². The Morgan fingerprint density at radius 3 is 2.21 bits per heavy atom. The molecule has 0 aliphatic rings. The van der Waals surface area contributed by atoms with Crippen LogP contribution < -0.4 is 0 Å². The fourth-order valence-electron chi connectivity index (χ4n) is 1.10. The third-order valence-corrected chi connectivity index (χ3v) is 2.75. The maximum absolute atomic E-state index is 11.4. The summed E-state index contributed by atoms with van der Waals surface area (Å²) in [5, 5.41) is 0. The summed E-state index contributed by atoms with van der Waals surface area (Å²) in [5.41, 5.74) is 0. The predicted molar refractivity (Wildman–Crippen MR) is 59.0 cm³/mol. The molecule has 0 saturated carbocycles. The molecule has 0 bridgehead atoms. The second-order valence-corrected chi connectivity index (χ2v) is 4.54. The third kappa shape index (κ3) is 5.25. The van der Waals surface area contributed by atoms with Gasteiger partial charge in [0.2, 0.25) is 0 Å². The molecule has 0 saturated heterocycles. The van der Waals surface area contributed by atoms with Crippen LogP contribution in [-0.4, -0.2) is 12.6 Å². The molecule has 2 unspecified atom stereocenters. The molecule has 0 spiro atoms. The molecular weight excluding hydrogens is 176 g/mol. The quantitative estimate of drug-likeness (QED) is 0.615. The zero-order valence-corrected chi connectivity index (χ0v) is 10.2. The number of carbonyl (C=O) groups is 1. The van der Waals surface area contributed by atoms with Gasteiger partial charge in [-0.15, -0.1) is 0 Å². The largest absolute Gasteiger partial charge is 0.465 e. The van der Waals surface area contributed by atoms with Crippen LogP contribution in [0.15, 0.2) is 0 Å². The maximum Gasteiger partial charge on any atom is 0.308 e. The first-order valence-electron chi connectivity index (χ1n) is 5.65. The van der Waals surface area contributed by atoms with Crippen molar-refractivity contribution in [3.63, 3.8) is 0 Å². The molecule has 0 N–H and O–H groups in total. The first-order valence-corrected chi connectivity index (χ1v) is 5.65. The lowest BCUT2D eigenvalue weighted by molar-refractivity contribution is -0.149. The Bertz CT molecular complexity index is 164. The Morgan fingerprint density at radius 1 is 1.21 bits per heavy atom. The summed E-state index contributed by atoms with van der Waals surface area (Å²) in [6.45, 7) is 11.0. The lowest BCUT2D eigenvalue weighted by atomic mass is 9.99. The van der Waals surface area contributed by atoms with Gasteiger partial charge >= 0.3 is 5.97 Å². The van der Waals surface area contributed by atoms with Gasteiger partial charge in [-0.05, 0) is 18.3 Å². The van der Waals surface area contributed by atoms with Crippen molar-refractivity contribution in [3.05, 3.63) is 0 Å².